The van der Waals surface area contributed by atoms with E-state index in [4.69, 9.17) is 27.9 Å². The molecule has 122 valence electrons. The van der Waals surface area contributed by atoms with E-state index in [2.05, 4.69) is 5.32 Å². The Balaban J connectivity index is 1.81. The first-order valence-corrected chi connectivity index (χ1v) is 8.51. The van der Waals surface area contributed by atoms with Crippen LogP contribution in [0.15, 0.2) is 35.7 Å². The van der Waals surface area contributed by atoms with Gasteiger partial charge in [0.2, 0.25) is 0 Å². The van der Waals surface area contributed by atoms with Crippen LogP contribution in [0.5, 0.6) is 0 Å². The average molecular weight is 372 g/mol. The van der Waals surface area contributed by atoms with E-state index in [1.165, 1.54) is 11.3 Å². The van der Waals surface area contributed by atoms with Crippen LogP contribution in [0.4, 0.5) is 0 Å². The van der Waals surface area contributed by atoms with Gasteiger partial charge in [0.15, 0.2) is 6.61 Å². The van der Waals surface area contributed by atoms with E-state index >= 15 is 0 Å². The van der Waals surface area contributed by atoms with Crippen LogP contribution < -0.4 is 5.32 Å². The average Bonchev–Trinajstić information content (AvgIpc) is 2.97. The zero-order valence-corrected chi connectivity index (χ0v) is 14.7. The van der Waals surface area contributed by atoms with Gasteiger partial charge in [0.25, 0.3) is 5.91 Å². The van der Waals surface area contributed by atoms with Gasteiger partial charge < -0.3 is 10.1 Å². The van der Waals surface area contributed by atoms with Gasteiger partial charge in [-0.15, -0.1) is 11.3 Å². The number of amides is 1. The van der Waals surface area contributed by atoms with Gasteiger partial charge in [-0.1, -0.05) is 35.3 Å². The molecule has 1 N–H and O–H groups in total. The highest BCUT2D eigenvalue weighted by Crippen LogP contribution is 2.25. The van der Waals surface area contributed by atoms with Crippen LogP contribution in [0.3, 0.4) is 0 Å². The van der Waals surface area contributed by atoms with E-state index in [0.717, 1.165) is 10.4 Å². The van der Waals surface area contributed by atoms with E-state index in [1.807, 2.05) is 17.5 Å². The highest BCUT2D eigenvalue weighted by Gasteiger charge is 2.14. The van der Waals surface area contributed by atoms with Gasteiger partial charge in [0.1, 0.15) is 0 Å². The number of hydrogen-bond acceptors (Lipinski definition) is 4. The molecular weight excluding hydrogens is 357 g/mol. The molecule has 0 aliphatic rings. The number of carbonyl (C=O) groups is 2. The third-order valence-corrected chi connectivity index (χ3v) is 4.51. The van der Waals surface area contributed by atoms with Crippen molar-refractivity contribution in [1.29, 1.82) is 0 Å². The maximum atomic E-state index is 11.9. The minimum Gasteiger partial charge on any atom is -0.455 e. The lowest BCUT2D eigenvalue weighted by Crippen LogP contribution is -2.31. The van der Waals surface area contributed by atoms with Crippen LogP contribution in [0, 0.1) is 0 Å². The number of ether oxygens (including phenoxy) is 1. The van der Waals surface area contributed by atoms with Crippen molar-refractivity contribution < 1.29 is 14.3 Å². The number of esters is 1. The summed E-state index contributed by atoms with van der Waals surface area (Å²) in [4.78, 5) is 24.4. The smallest absolute Gasteiger partial charge is 0.311 e. The third kappa shape index (κ3) is 5.53. The number of halogens is 2. The largest absolute Gasteiger partial charge is 0.455 e. The van der Waals surface area contributed by atoms with Gasteiger partial charge in [-0.25, -0.2) is 0 Å². The maximum absolute atomic E-state index is 11.9. The van der Waals surface area contributed by atoms with Gasteiger partial charge in [0, 0.05) is 14.9 Å². The topological polar surface area (TPSA) is 55.4 Å². The second kappa shape index (κ2) is 8.34. The molecule has 7 heteroatoms. The standard InChI is InChI=1S/C16H15Cl2NO3S/c1-10(13-5-4-11(17)7-14(13)18)19-15(20)9-22-16(21)8-12-3-2-6-23-12/h2-7,10H,8-9H2,1H3,(H,19,20). The molecule has 2 aromatic rings. The van der Waals surface area contributed by atoms with E-state index in [9.17, 15) is 9.59 Å². The fourth-order valence-corrected chi connectivity index (χ4v) is 3.23. The molecule has 0 bridgehead atoms. The number of thiophene rings is 1. The van der Waals surface area contributed by atoms with E-state index < -0.39 is 5.97 Å². The molecule has 1 amide bonds. The van der Waals surface area contributed by atoms with Crippen molar-refractivity contribution in [2.75, 3.05) is 6.61 Å². The molecule has 2 rings (SSSR count). The summed E-state index contributed by atoms with van der Waals surface area (Å²) < 4.78 is 4.96. The fourth-order valence-electron chi connectivity index (χ4n) is 1.97. The monoisotopic (exact) mass is 371 g/mol. The second-order valence-electron chi connectivity index (χ2n) is 4.87. The highest BCUT2D eigenvalue weighted by molar-refractivity contribution is 7.10. The predicted molar refractivity (Wildman–Crippen MR) is 92.0 cm³/mol. The minimum atomic E-state index is -0.431. The summed E-state index contributed by atoms with van der Waals surface area (Å²) in [6.07, 6.45) is 0.170. The minimum absolute atomic E-state index is 0.170. The number of nitrogens with one attached hydrogen (secondary N) is 1. The number of benzene rings is 1. The zero-order valence-electron chi connectivity index (χ0n) is 12.3. The van der Waals surface area contributed by atoms with Crippen molar-refractivity contribution in [3.05, 3.63) is 56.2 Å². The molecule has 0 radical (unpaired) electrons. The lowest BCUT2D eigenvalue weighted by Gasteiger charge is -2.16. The van der Waals surface area contributed by atoms with E-state index in [0.29, 0.717) is 10.0 Å². The molecule has 4 nitrogen and oxygen atoms in total. The molecule has 1 unspecified atom stereocenters. The van der Waals surface area contributed by atoms with Crippen LogP contribution in [0.2, 0.25) is 10.0 Å². The fraction of sp³-hybridized carbons (Fsp3) is 0.250. The van der Waals surface area contributed by atoms with Crippen molar-refractivity contribution in [1.82, 2.24) is 5.32 Å². The van der Waals surface area contributed by atoms with Crippen LogP contribution in [0.1, 0.15) is 23.4 Å². The van der Waals surface area contributed by atoms with Crippen molar-refractivity contribution in [3.8, 4) is 0 Å². The third-order valence-electron chi connectivity index (χ3n) is 3.07. The Morgan fingerprint density at radius 1 is 1.30 bits per heavy atom. The molecule has 0 aliphatic heterocycles. The summed E-state index contributed by atoms with van der Waals surface area (Å²) in [5.41, 5.74) is 0.745. The highest BCUT2D eigenvalue weighted by atomic mass is 35.5. The summed E-state index contributed by atoms with van der Waals surface area (Å²) >= 11 is 13.4. The van der Waals surface area contributed by atoms with Crippen LogP contribution in [-0.4, -0.2) is 18.5 Å². The normalized spacial score (nSPS) is 11.8. The molecule has 0 fully saturated rings. The summed E-state index contributed by atoms with van der Waals surface area (Å²) in [5, 5.41) is 5.61. The quantitative estimate of drug-likeness (QED) is 0.780. The molecule has 23 heavy (non-hydrogen) atoms. The molecule has 0 saturated carbocycles. The summed E-state index contributed by atoms with van der Waals surface area (Å²) in [5.74, 6) is -0.817. The Kier molecular flexibility index (Phi) is 6.45. The molecule has 0 aliphatic carbocycles. The van der Waals surface area contributed by atoms with Gasteiger partial charge in [-0.05, 0) is 36.1 Å². The summed E-state index contributed by atoms with van der Waals surface area (Å²) in [6.45, 7) is 1.47. The van der Waals surface area contributed by atoms with Crippen LogP contribution in [0.25, 0.3) is 0 Å². The van der Waals surface area contributed by atoms with Crippen molar-refractivity contribution in [2.24, 2.45) is 0 Å². The second-order valence-corrected chi connectivity index (χ2v) is 6.75. The molecule has 1 heterocycles. The summed E-state index contributed by atoms with van der Waals surface area (Å²) in [6, 6.07) is 8.45. The molecule has 0 spiro atoms. The maximum Gasteiger partial charge on any atom is 0.311 e. The van der Waals surface area contributed by atoms with Crippen molar-refractivity contribution in [3.63, 3.8) is 0 Å². The molecule has 1 atom stereocenters. The van der Waals surface area contributed by atoms with Crippen molar-refractivity contribution >= 4 is 46.4 Å². The first-order chi connectivity index (χ1) is 11.0. The molecule has 1 aromatic carbocycles. The lowest BCUT2D eigenvalue weighted by atomic mass is 10.1. The Morgan fingerprint density at radius 2 is 2.09 bits per heavy atom. The first kappa shape index (κ1) is 17.8. The molecular formula is C16H15Cl2NO3S. The Morgan fingerprint density at radius 3 is 2.74 bits per heavy atom. The van der Waals surface area contributed by atoms with E-state index in [1.54, 1.807) is 25.1 Å². The Hall–Kier alpha value is -1.56. The zero-order chi connectivity index (χ0) is 16.8. The molecule has 0 saturated heterocycles. The Labute approximate surface area is 148 Å². The Bertz CT molecular complexity index is 689. The number of hydrogen-bond donors (Lipinski definition) is 1. The lowest BCUT2D eigenvalue weighted by molar-refractivity contribution is -0.148. The number of rotatable bonds is 6. The van der Waals surface area contributed by atoms with E-state index in [-0.39, 0.29) is 25.0 Å². The van der Waals surface area contributed by atoms with Gasteiger partial charge in [-0.2, -0.15) is 0 Å². The summed E-state index contributed by atoms with van der Waals surface area (Å²) in [7, 11) is 0. The van der Waals surface area contributed by atoms with Gasteiger partial charge in [0.05, 0.1) is 12.5 Å². The van der Waals surface area contributed by atoms with Crippen molar-refractivity contribution in [2.45, 2.75) is 19.4 Å². The first-order valence-electron chi connectivity index (χ1n) is 6.88. The predicted octanol–water partition coefficient (Wildman–Crippen LogP) is 4.02. The van der Waals surface area contributed by atoms with Gasteiger partial charge in [-0.3, -0.25) is 9.59 Å². The molecule has 1 aromatic heterocycles. The van der Waals surface area contributed by atoms with Gasteiger partial charge >= 0.3 is 5.97 Å². The SMILES string of the molecule is CC(NC(=O)COC(=O)Cc1cccs1)c1ccc(Cl)cc1Cl. The van der Waals surface area contributed by atoms with Crippen LogP contribution in [-0.2, 0) is 20.7 Å². The number of carbonyl (C=O) groups excluding carboxylic acids is 2. The van der Waals surface area contributed by atoms with Crippen LogP contribution >= 0.6 is 34.5 Å².